The molecule has 0 unspecified atom stereocenters. The van der Waals surface area contributed by atoms with Gasteiger partial charge in [-0.15, -0.1) is 0 Å². The summed E-state index contributed by atoms with van der Waals surface area (Å²) in [5.74, 6) is -1.60. The maximum absolute atomic E-state index is 11.2. The second-order valence-electron chi connectivity index (χ2n) is 8.11. The molecule has 0 fully saturated rings. The van der Waals surface area contributed by atoms with E-state index in [-0.39, 0.29) is 18.9 Å². The first-order chi connectivity index (χ1) is 11.7. The van der Waals surface area contributed by atoms with Gasteiger partial charge in [0.25, 0.3) is 0 Å². The molecule has 0 aliphatic rings. The fourth-order valence-corrected chi connectivity index (χ4v) is 2.04. The number of hydrogen-bond donors (Lipinski definition) is 3. The van der Waals surface area contributed by atoms with E-state index in [0.29, 0.717) is 23.0 Å². The summed E-state index contributed by atoms with van der Waals surface area (Å²) >= 11 is 0. The lowest BCUT2D eigenvalue weighted by Crippen LogP contribution is -2.42. The number of amides is 1. The van der Waals surface area contributed by atoms with E-state index in [0.717, 1.165) is 24.0 Å². The van der Waals surface area contributed by atoms with Crippen molar-refractivity contribution in [3.05, 3.63) is 12.2 Å². The van der Waals surface area contributed by atoms with Gasteiger partial charge in [-0.1, -0.05) is 6.58 Å². The van der Waals surface area contributed by atoms with Gasteiger partial charge in [0, 0.05) is 25.0 Å². The molecular formula is C18H37N3O5+2. The standard InChI is InChI=1S/C13H24N2O3.C5H11NO2/c1-11(2)13(18)14-8-6-10-15(3,4)9-5-7-12(16)17;1-6(2,3)4-5(7)8/h1,5-10H2,2-4H3,(H-,14,16,17,18);4H2,1-3H3/p+2. The molecule has 0 atom stereocenters. The van der Waals surface area contributed by atoms with Crippen LogP contribution in [0.25, 0.3) is 0 Å². The topological polar surface area (TPSA) is 104 Å². The molecule has 0 aromatic heterocycles. The second kappa shape index (κ2) is 12.4. The summed E-state index contributed by atoms with van der Waals surface area (Å²) in [6.45, 7) is 7.81. The lowest BCUT2D eigenvalue weighted by atomic mass is 10.2. The van der Waals surface area contributed by atoms with Gasteiger partial charge < -0.3 is 24.5 Å². The number of rotatable bonds is 11. The number of carboxylic acid groups (broad SMARTS) is 2. The number of carbonyl (C=O) groups excluding carboxylic acids is 1. The Morgan fingerprint density at radius 3 is 1.77 bits per heavy atom. The van der Waals surface area contributed by atoms with Crippen LogP contribution < -0.4 is 5.32 Å². The number of nitrogens with one attached hydrogen (secondary N) is 1. The number of nitrogens with zero attached hydrogens (tertiary/aromatic N) is 2. The molecule has 0 spiro atoms. The summed E-state index contributed by atoms with van der Waals surface area (Å²) in [7, 11) is 9.67. The van der Waals surface area contributed by atoms with E-state index < -0.39 is 11.9 Å². The molecule has 0 heterocycles. The Bertz CT molecular complexity index is 482. The Kier molecular flexibility index (Phi) is 12.6. The Labute approximate surface area is 157 Å². The van der Waals surface area contributed by atoms with Crippen LogP contribution >= 0.6 is 0 Å². The van der Waals surface area contributed by atoms with E-state index in [1.807, 2.05) is 21.1 Å². The molecule has 0 rings (SSSR count). The second-order valence-corrected chi connectivity index (χ2v) is 8.11. The molecule has 0 radical (unpaired) electrons. The largest absolute Gasteiger partial charge is 0.481 e. The van der Waals surface area contributed by atoms with Crippen molar-refractivity contribution in [1.29, 1.82) is 0 Å². The first-order valence-corrected chi connectivity index (χ1v) is 8.66. The van der Waals surface area contributed by atoms with Crippen LogP contribution in [0.15, 0.2) is 12.2 Å². The van der Waals surface area contributed by atoms with Crippen molar-refractivity contribution < 1.29 is 33.6 Å². The monoisotopic (exact) mass is 375 g/mol. The minimum Gasteiger partial charge on any atom is -0.481 e. The zero-order chi connectivity index (χ0) is 21.0. The molecular weight excluding hydrogens is 338 g/mol. The normalized spacial score (nSPS) is 11.2. The van der Waals surface area contributed by atoms with Crippen LogP contribution in [0.1, 0.15) is 26.2 Å². The summed E-state index contributed by atoms with van der Waals surface area (Å²) in [5, 5.41) is 19.6. The predicted octanol–water partition coefficient (Wildman–Crippen LogP) is 0.787. The molecule has 1 amide bonds. The van der Waals surface area contributed by atoms with Crippen molar-refractivity contribution in [3.63, 3.8) is 0 Å². The van der Waals surface area contributed by atoms with Crippen molar-refractivity contribution in [2.45, 2.75) is 26.2 Å². The van der Waals surface area contributed by atoms with Crippen LogP contribution in [0.4, 0.5) is 0 Å². The van der Waals surface area contributed by atoms with Crippen LogP contribution in [0.5, 0.6) is 0 Å². The highest BCUT2D eigenvalue weighted by Crippen LogP contribution is 2.03. The molecule has 0 aromatic rings. The molecule has 8 nitrogen and oxygen atoms in total. The quantitative estimate of drug-likeness (QED) is 0.281. The maximum Gasteiger partial charge on any atom is 0.359 e. The van der Waals surface area contributed by atoms with E-state index in [9.17, 15) is 14.4 Å². The van der Waals surface area contributed by atoms with E-state index in [1.54, 1.807) is 6.92 Å². The van der Waals surface area contributed by atoms with Crippen molar-refractivity contribution in [2.75, 3.05) is 61.4 Å². The van der Waals surface area contributed by atoms with Gasteiger partial charge in [-0.3, -0.25) is 9.59 Å². The average Bonchev–Trinajstić information content (AvgIpc) is 2.40. The smallest absolute Gasteiger partial charge is 0.359 e. The fraction of sp³-hybridized carbons (Fsp3) is 0.722. The Morgan fingerprint density at radius 1 is 0.923 bits per heavy atom. The Morgan fingerprint density at radius 2 is 1.42 bits per heavy atom. The van der Waals surface area contributed by atoms with Crippen LogP contribution in [-0.2, 0) is 14.4 Å². The maximum atomic E-state index is 11.2. The van der Waals surface area contributed by atoms with E-state index in [4.69, 9.17) is 10.2 Å². The van der Waals surface area contributed by atoms with Gasteiger partial charge in [0.2, 0.25) is 5.91 Å². The molecule has 0 aliphatic carbocycles. The average molecular weight is 376 g/mol. The summed E-state index contributed by atoms with van der Waals surface area (Å²) in [6, 6.07) is 0. The third-order valence-corrected chi connectivity index (χ3v) is 3.38. The molecule has 0 saturated carbocycles. The first-order valence-electron chi connectivity index (χ1n) is 8.66. The summed E-state index contributed by atoms with van der Waals surface area (Å²) in [4.78, 5) is 31.7. The minimum atomic E-state index is -0.752. The number of quaternary nitrogens is 2. The van der Waals surface area contributed by atoms with Gasteiger partial charge in [-0.05, 0) is 6.92 Å². The third kappa shape index (κ3) is 20.1. The van der Waals surface area contributed by atoms with Crippen LogP contribution in [-0.4, -0.2) is 98.4 Å². The van der Waals surface area contributed by atoms with Crippen molar-refractivity contribution in [2.24, 2.45) is 0 Å². The van der Waals surface area contributed by atoms with Crippen molar-refractivity contribution in [3.8, 4) is 0 Å². The zero-order valence-electron chi connectivity index (χ0n) is 17.2. The molecule has 0 aliphatic heterocycles. The number of hydrogen-bond acceptors (Lipinski definition) is 3. The SMILES string of the molecule is C=C(C)C(=O)NCCC[N+](C)(C)CCCC(=O)O.C[N+](C)(C)CC(=O)O. The Hall–Kier alpha value is -1.93. The number of carbonyl (C=O) groups is 3. The highest BCUT2D eigenvalue weighted by atomic mass is 16.4. The molecule has 0 aromatic carbocycles. The molecule has 8 heteroatoms. The van der Waals surface area contributed by atoms with E-state index >= 15 is 0 Å². The van der Waals surface area contributed by atoms with Crippen LogP contribution in [0.3, 0.4) is 0 Å². The van der Waals surface area contributed by atoms with Gasteiger partial charge in [-0.2, -0.15) is 0 Å². The molecule has 3 N–H and O–H groups in total. The van der Waals surface area contributed by atoms with Gasteiger partial charge >= 0.3 is 11.9 Å². The summed E-state index contributed by atoms with van der Waals surface area (Å²) in [5.41, 5.74) is 0.519. The lowest BCUT2D eigenvalue weighted by Gasteiger charge is -2.29. The third-order valence-electron chi connectivity index (χ3n) is 3.38. The number of carboxylic acids is 2. The highest BCUT2D eigenvalue weighted by Gasteiger charge is 2.15. The predicted molar refractivity (Wildman–Crippen MR) is 102 cm³/mol. The zero-order valence-corrected chi connectivity index (χ0v) is 17.2. The van der Waals surface area contributed by atoms with Crippen molar-refractivity contribution >= 4 is 17.8 Å². The summed E-state index contributed by atoms with van der Waals surface area (Å²) < 4.78 is 1.26. The van der Waals surface area contributed by atoms with E-state index in [1.165, 1.54) is 0 Å². The fourth-order valence-electron chi connectivity index (χ4n) is 2.04. The number of aliphatic carboxylic acids is 2. The molecule has 152 valence electrons. The molecule has 0 saturated heterocycles. The van der Waals surface area contributed by atoms with Gasteiger partial charge in [0.05, 0.1) is 54.7 Å². The highest BCUT2D eigenvalue weighted by molar-refractivity contribution is 5.91. The Balaban J connectivity index is 0. The van der Waals surface area contributed by atoms with Crippen molar-refractivity contribution in [1.82, 2.24) is 5.32 Å². The molecule has 26 heavy (non-hydrogen) atoms. The van der Waals surface area contributed by atoms with Gasteiger partial charge in [0.15, 0.2) is 6.54 Å². The minimum absolute atomic E-state index is 0.105. The molecule has 0 bridgehead atoms. The van der Waals surface area contributed by atoms with Gasteiger partial charge in [-0.25, -0.2) is 4.79 Å². The van der Waals surface area contributed by atoms with Crippen LogP contribution in [0.2, 0.25) is 0 Å². The van der Waals surface area contributed by atoms with E-state index in [2.05, 4.69) is 26.0 Å². The van der Waals surface area contributed by atoms with Gasteiger partial charge in [0.1, 0.15) is 0 Å². The summed E-state index contributed by atoms with van der Waals surface area (Å²) in [6.07, 6.45) is 1.77. The number of likely N-dealkylation sites (N-methyl/N-ethyl adjacent to an activating group) is 1. The lowest BCUT2D eigenvalue weighted by molar-refractivity contribution is -0.890. The first kappa shape index (κ1) is 26.3. The van der Waals surface area contributed by atoms with Crippen LogP contribution in [0, 0.1) is 0 Å².